The van der Waals surface area contributed by atoms with Crippen molar-refractivity contribution in [3.63, 3.8) is 0 Å². The lowest BCUT2D eigenvalue weighted by molar-refractivity contribution is -0.117. The predicted octanol–water partition coefficient (Wildman–Crippen LogP) is 3.20. The third kappa shape index (κ3) is 3.31. The number of pyridine rings is 1. The van der Waals surface area contributed by atoms with Crippen LogP contribution < -0.4 is 5.32 Å². The highest BCUT2D eigenvalue weighted by molar-refractivity contribution is 6.30. The molecule has 0 bridgehead atoms. The summed E-state index contributed by atoms with van der Waals surface area (Å²) in [6.07, 6.45) is 2.77. The second-order valence-corrected chi connectivity index (χ2v) is 6.55. The quantitative estimate of drug-likeness (QED) is 0.426. The van der Waals surface area contributed by atoms with Gasteiger partial charge in [0.05, 0.1) is 6.04 Å². The highest BCUT2D eigenvalue weighted by Crippen LogP contribution is 2.24. The summed E-state index contributed by atoms with van der Waals surface area (Å²) in [6, 6.07) is 18.4. The summed E-state index contributed by atoms with van der Waals surface area (Å²) in [6.45, 7) is 0. The van der Waals surface area contributed by atoms with Crippen molar-refractivity contribution in [3.05, 3.63) is 83.7 Å². The number of hydrogen-bond donors (Lipinski definition) is 2. The molecule has 2 heterocycles. The molecule has 1 fully saturated rings. The minimum absolute atomic E-state index is 0.212. The predicted molar refractivity (Wildman–Crippen MR) is 103 cm³/mol. The van der Waals surface area contributed by atoms with Crippen LogP contribution >= 0.6 is 0 Å². The Kier molecular flexibility index (Phi) is 4.42. The van der Waals surface area contributed by atoms with Gasteiger partial charge >= 0.3 is 0 Å². The Balaban J connectivity index is 1.59. The van der Waals surface area contributed by atoms with Gasteiger partial charge in [-0.25, -0.2) is 0 Å². The van der Waals surface area contributed by atoms with E-state index in [2.05, 4.69) is 10.3 Å². The van der Waals surface area contributed by atoms with Crippen LogP contribution in [0.3, 0.4) is 0 Å². The number of carbonyl (C=O) groups is 2. The second kappa shape index (κ2) is 7.03. The number of amides is 1. The van der Waals surface area contributed by atoms with Crippen molar-refractivity contribution in [3.8, 4) is 0 Å². The smallest absolute Gasteiger partial charge is 0.259 e. The molecule has 0 saturated carbocycles. The van der Waals surface area contributed by atoms with E-state index in [-0.39, 0.29) is 22.8 Å². The van der Waals surface area contributed by atoms with E-state index >= 15 is 0 Å². The summed E-state index contributed by atoms with van der Waals surface area (Å²) < 4.78 is 0. The molecule has 1 aliphatic heterocycles. The third-order valence-corrected chi connectivity index (χ3v) is 4.77. The van der Waals surface area contributed by atoms with Gasteiger partial charge in [-0.2, -0.15) is 0 Å². The van der Waals surface area contributed by atoms with E-state index in [1.165, 1.54) is 0 Å². The Bertz CT molecular complexity index is 1060. The normalized spacial score (nSPS) is 18.6. The number of aliphatic hydroxyl groups excluding tert-OH is 1. The molecule has 1 saturated heterocycles. The van der Waals surface area contributed by atoms with E-state index in [9.17, 15) is 14.7 Å². The van der Waals surface area contributed by atoms with Crippen molar-refractivity contribution in [2.24, 2.45) is 0 Å². The SMILES string of the molecule is O=C1NC(CCc2ccccc2)C(=O)C1=C(O)c1cc2ccccc2cn1. The average molecular weight is 358 g/mol. The summed E-state index contributed by atoms with van der Waals surface area (Å²) in [5.41, 5.74) is 1.10. The van der Waals surface area contributed by atoms with Crippen molar-refractivity contribution in [1.82, 2.24) is 10.3 Å². The zero-order chi connectivity index (χ0) is 18.8. The zero-order valence-electron chi connectivity index (χ0n) is 14.6. The lowest BCUT2D eigenvalue weighted by Gasteiger charge is -2.07. The number of rotatable bonds is 4. The van der Waals surface area contributed by atoms with Crippen LogP contribution in [-0.4, -0.2) is 27.8 Å². The van der Waals surface area contributed by atoms with E-state index in [1.54, 1.807) is 12.3 Å². The molecule has 1 amide bonds. The number of fused-ring (bicyclic) bond motifs is 1. The molecule has 0 spiro atoms. The van der Waals surface area contributed by atoms with Crippen molar-refractivity contribution < 1.29 is 14.7 Å². The Hall–Kier alpha value is -3.47. The van der Waals surface area contributed by atoms with Gasteiger partial charge < -0.3 is 10.4 Å². The number of Topliss-reactive ketones (excluding diaryl/α,β-unsaturated/α-hetero) is 1. The van der Waals surface area contributed by atoms with Crippen LogP contribution in [0.15, 0.2) is 72.4 Å². The molecule has 0 aliphatic carbocycles. The number of aryl methyl sites for hydroxylation is 1. The second-order valence-electron chi connectivity index (χ2n) is 6.55. The van der Waals surface area contributed by atoms with Gasteiger partial charge in [0.15, 0.2) is 11.5 Å². The average Bonchev–Trinajstić information content (AvgIpc) is 2.99. The van der Waals surface area contributed by atoms with Gasteiger partial charge in [0, 0.05) is 11.6 Å². The fourth-order valence-corrected chi connectivity index (χ4v) is 3.31. The first kappa shape index (κ1) is 17.0. The van der Waals surface area contributed by atoms with Crippen LogP contribution in [-0.2, 0) is 16.0 Å². The molecule has 4 rings (SSSR count). The minimum Gasteiger partial charge on any atom is -0.505 e. The number of aliphatic hydroxyl groups is 1. The number of aromatic nitrogens is 1. The molecule has 27 heavy (non-hydrogen) atoms. The number of nitrogens with one attached hydrogen (secondary N) is 1. The first-order valence-corrected chi connectivity index (χ1v) is 8.81. The van der Waals surface area contributed by atoms with E-state index in [4.69, 9.17) is 0 Å². The van der Waals surface area contributed by atoms with Crippen molar-refractivity contribution >= 4 is 28.2 Å². The zero-order valence-corrected chi connectivity index (χ0v) is 14.6. The van der Waals surface area contributed by atoms with Crippen LogP contribution in [0.4, 0.5) is 0 Å². The van der Waals surface area contributed by atoms with Crippen LogP contribution in [0.1, 0.15) is 17.7 Å². The molecule has 1 atom stereocenters. The Morgan fingerprint density at radius 2 is 1.70 bits per heavy atom. The molecule has 134 valence electrons. The molecule has 1 unspecified atom stereocenters. The summed E-state index contributed by atoms with van der Waals surface area (Å²) in [5.74, 6) is -1.31. The van der Waals surface area contributed by atoms with Crippen molar-refractivity contribution in [1.29, 1.82) is 0 Å². The number of carbonyl (C=O) groups excluding carboxylic acids is 2. The molecule has 3 aromatic rings. The van der Waals surface area contributed by atoms with Crippen LogP contribution in [0.5, 0.6) is 0 Å². The number of ketones is 1. The van der Waals surface area contributed by atoms with Gasteiger partial charge in [-0.05, 0) is 29.9 Å². The Labute approximate surface area is 156 Å². The monoisotopic (exact) mass is 358 g/mol. The van der Waals surface area contributed by atoms with E-state index in [1.807, 2.05) is 54.6 Å². The Morgan fingerprint density at radius 1 is 1.00 bits per heavy atom. The number of nitrogens with zero attached hydrogens (tertiary/aromatic N) is 1. The number of hydrogen-bond acceptors (Lipinski definition) is 4. The maximum atomic E-state index is 12.7. The standard InChI is InChI=1S/C22H18N2O3/c25-20-17(11-10-14-6-2-1-3-7-14)24-22(27)19(20)21(26)18-12-15-8-4-5-9-16(15)13-23-18/h1-9,12-13,17,26H,10-11H2,(H,24,27). The summed E-state index contributed by atoms with van der Waals surface area (Å²) in [7, 11) is 0. The molecule has 5 heteroatoms. The van der Waals surface area contributed by atoms with Crippen molar-refractivity contribution in [2.75, 3.05) is 0 Å². The minimum atomic E-state index is -0.629. The van der Waals surface area contributed by atoms with Gasteiger partial charge in [0.2, 0.25) is 0 Å². The molecule has 1 aromatic heterocycles. The van der Waals surface area contributed by atoms with Crippen LogP contribution in [0, 0.1) is 0 Å². The molecule has 0 radical (unpaired) electrons. The fraction of sp³-hybridized carbons (Fsp3) is 0.136. The highest BCUT2D eigenvalue weighted by Gasteiger charge is 2.38. The van der Waals surface area contributed by atoms with Crippen molar-refractivity contribution in [2.45, 2.75) is 18.9 Å². The lowest BCUT2D eigenvalue weighted by atomic mass is 10.0. The summed E-state index contributed by atoms with van der Waals surface area (Å²) >= 11 is 0. The van der Waals surface area contributed by atoms with Gasteiger partial charge in [0.1, 0.15) is 11.3 Å². The maximum absolute atomic E-state index is 12.7. The Morgan fingerprint density at radius 3 is 2.48 bits per heavy atom. The topological polar surface area (TPSA) is 79.3 Å². The third-order valence-electron chi connectivity index (χ3n) is 4.77. The molecule has 5 nitrogen and oxygen atoms in total. The summed E-state index contributed by atoms with van der Waals surface area (Å²) in [4.78, 5) is 29.2. The molecular weight excluding hydrogens is 340 g/mol. The lowest BCUT2D eigenvalue weighted by Crippen LogP contribution is -2.29. The molecular formula is C22H18N2O3. The van der Waals surface area contributed by atoms with Gasteiger partial charge in [-0.3, -0.25) is 14.6 Å². The summed E-state index contributed by atoms with van der Waals surface area (Å²) in [5, 5.41) is 15.0. The fourth-order valence-electron chi connectivity index (χ4n) is 3.31. The molecule has 1 aliphatic rings. The first-order chi connectivity index (χ1) is 13.1. The number of benzene rings is 2. The van der Waals surface area contributed by atoms with Crippen LogP contribution in [0.2, 0.25) is 0 Å². The van der Waals surface area contributed by atoms with Crippen LogP contribution in [0.25, 0.3) is 16.5 Å². The first-order valence-electron chi connectivity index (χ1n) is 8.81. The van der Waals surface area contributed by atoms with E-state index < -0.39 is 11.9 Å². The largest absolute Gasteiger partial charge is 0.505 e. The van der Waals surface area contributed by atoms with Gasteiger partial charge in [0.25, 0.3) is 5.91 Å². The van der Waals surface area contributed by atoms with Gasteiger partial charge in [-0.1, -0.05) is 54.6 Å². The van der Waals surface area contributed by atoms with Gasteiger partial charge in [-0.15, -0.1) is 0 Å². The molecule has 2 aromatic carbocycles. The van der Waals surface area contributed by atoms with E-state index in [0.717, 1.165) is 16.3 Å². The van der Waals surface area contributed by atoms with E-state index in [0.29, 0.717) is 12.8 Å². The highest BCUT2D eigenvalue weighted by atomic mass is 16.3. The maximum Gasteiger partial charge on any atom is 0.259 e. The molecule has 2 N–H and O–H groups in total.